The second-order valence-electron chi connectivity index (χ2n) is 3.59. The highest BCUT2D eigenvalue weighted by atomic mass is 32.2. The second kappa shape index (κ2) is 4.87. The average Bonchev–Trinajstić information content (AvgIpc) is 3.07. The quantitative estimate of drug-likeness (QED) is 0.725. The third-order valence-corrected chi connectivity index (χ3v) is 3.98. The van der Waals surface area contributed by atoms with Gasteiger partial charge in [0.15, 0.2) is 5.69 Å². The lowest BCUT2D eigenvalue weighted by molar-refractivity contribution is 0.640. The molecule has 2 aromatic heterocycles. The van der Waals surface area contributed by atoms with Gasteiger partial charge in [-0.3, -0.25) is 5.10 Å². The van der Waals surface area contributed by atoms with Crippen molar-refractivity contribution < 1.29 is 4.39 Å². The van der Waals surface area contributed by atoms with Gasteiger partial charge in [0.25, 0.3) is 0 Å². The minimum Gasteiger partial charge on any atom is -0.324 e. The van der Waals surface area contributed by atoms with Crippen LogP contribution in [0.15, 0.2) is 28.6 Å². The predicted molar refractivity (Wildman–Crippen MR) is 72.4 cm³/mol. The first kappa shape index (κ1) is 12.0. The van der Waals surface area contributed by atoms with Crippen molar-refractivity contribution >= 4 is 40.1 Å². The molecule has 0 saturated heterocycles. The van der Waals surface area contributed by atoms with Gasteiger partial charge in [-0.05, 0) is 35.6 Å². The first-order chi connectivity index (χ1) is 9.29. The first-order valence-corrected chi connectivity index (χ1v) is 6.84. The summed E-state index contributed by atoms with van der Waals surface area (Å²) in [5, 5.41) is 17.5. The Balaban J connectivity index is 1.98. The molecule has 0 spiro atoms. The number of aromatic nitrogens is 3. The zero-order chi connectivity index (χ0) is 13.2. The predicted octanol–water partition coefficient (Wildman–Crippen LogP) is 3.15. The molecule has 19 heavy (non-hydrogen) atoms. The summed E-state index contributed by atoms with van der Waals surface area (Å²) in [5.41, 5.74) is 1.20. The Morgan fingerprint density at radius 2 is 2.37 bits per heavy atom. The minimum absolute atomic E-state index is 0.0540. The van der Waals surface area contributed by atoms with Gasteiger partial charge in [-0.1, -0.05) is 0 Å². The van der Waals surface area contributed by atoms with Gasteiger partial charge in [0.05, 0.1) is 27.7 Å². The molecule has 5 nitrogen and oxygen atoms in total. The van der Waals surface area contributed by atoms with Crippen LogP contribution in [0.5, 0.6) is 0 Å². The van der Waals surface area contributed by atoms with Crippen molar-refractivity contribution in [3.05, 3.63) is 35.2 Å². The number of aromatic amines is 1. The molecule has 0 aliphatic heterocycles. The van der Waals surface area contributed by atoms with Gasteiger partial charge >= 0.3 is 0 Å². The van der Waals surface area contributed by atoms with Crippen molar-refractivity contribution in [3.63, 3.8) is 0 Å². The molecule has 94 valence electrons. The molecule has 0 amide bonds. The van der Waals surface area contributed by atoms with Crippen molar-refractivity contribution in [1.29, 1.82) is 5.26 Å². The molecule has 3 aromatic rings. The minimum atomic E-state index is -0.465. The first-order valence-electron chi connectivity index (χ1n) is 5.18. The van der Waals surface area contributed by atoms with E-state index in [0.717, 1.165) is 4.90 Å². The molecule has 0 saturated carbocycles. The highest BCUT2D eigenvalue weighted by Gasteiger charge is 2.13. The summed E-state index contributed by atoms with van der Waals surface area (Å²) >= 11 is 2.72. The highest BCUT2D eigenvalue weighted by molar-refractivity contribution is 8.00. The second-order valence-corrected chi connectivity index (χ2v) is 5.13. The van der Waals surface area contributed by atoms with Gasteiger partial charge in [-0.2, -0.15) is 14.7 Å². The maximum absolute atomic E-state index is 13.7. The normalized spacial score (nSPS) is 10.5. The Kier molecular flexibility index (Phi) is 3.06. The molecular formula is C11H6FN5S2. The molecule has 0 fully saturated rings. The molecule has 0 unspecified atom stereocenters. The smallest absolute Gasteiger partial charge is 0.173 e. The number of H-pyrrole nitrogens is 1. The summed E-state index contributed by atoms with van der Waals surface area (Å²) in [6.45, 7) is 0. The topological polar surface area (TPSA) is 77.4 Å². The number of hydrogen-bond donors (Lipinski definition) is 2. The molecule has 2 N–H and O–H groups in total. The van der Waals surface area contributed by atoms with E-state index in [-0.39, 0.29) is 11.1 Å². The molecule has 3 rings (SSSR count). The Labute approximate surface area is 115 Å². The number of nitriles is 1. The van der Waals surface area contributed by atoms with Gasteiger partial charge in [0, 0.05) is 5.38 Å². The molecule has 0 atom stereocenters. The van der Waals surface area contributed by atoms with E-state index in [0.29, 0.717) is 11.2 Å². The zero-order valence-corrected chi connectivity index (χ0v) is 11.0. The Bertz CT molecular complexity index is 759. The molecule has 8 heteroatoms. The van der Waals surface area contributed by atoms with Crippen LogP contribution in [0.2, 0.25) is 0 Å². The summed E-state index contributed by atoms with van der Waals surface area (Å²) in [7, 11) is 0. The number of nitrogens with one attached hydrogen (secondary N) is 2. The van der Waals surface area contributed by atoms with Crippen molar-refractivity contribution in [2.45, 2.75) is 4.90 Å². The number of anilines is 1. The van der Waals surface area contributed by atoms with Crippen LogP contribution in [0.3, 0.4) is 0 Å². The van der Waals surface area contributed by atoms with Crippen LogP contribution in [0.25, 0.3) is 10.9 Å². The lowest BCUT2D eigenvalue weighted by atomic mass is 10.2. The number of nitrogens with zero attached hydrogens (tertiary/aromatic N) is 3. The number of hydrogen-bond acceptors (Lipinski definition) is 6. The summed E-state index contributed by atoms with van der Waals surface area (Å²) in [5.74, 6) is -0.465. The SMILES string of the molecule is N#Cc1n[nH]c2c(NSc3cnsc3)ccc(F)c12. The van der Waals surface area contributed by atoms with Gasteiger partial charge in [-0.25, -0.2) is 4.39 Å². The highest BCUT2D eigenvalue weighted by Crippen LogP contribution is 2.30. The van der Waals surface area contributed by atoms with Crippen molar-refractivity contribution in [3.8, 4) is 6.07 Å². The van der Waals surface area contributed by atoms with Gasteiger partial charge < -0.3 is 4.72 Å². The number of benzene rings is 1. The van der Waals surface area contributed by atoms with Crippen molar-refractivity contribution in [2.24, 2.45) is 0 Å². The number of rotatable bonds is 3. The summed E-state index contributed by atoms with van der Waals surface area (Å²) < 4.78 is 20.8. The molecule has 0 aliphatic carbocycles. The van der Waals surface area contributed by atoms with Crippen LogP contribution in [0, 0.1) is 17.1 Å². The van der Waals surface area contributed by atoms with Crippen LogP contribution in [0.1, 0.15) is 5.69 Å². The van der Waals surface area contributed by atoms with Crippen LogP contribution in [-0.4, -0.2) is 14.6 Å². The summed E-state index contributed by atoms with van der Waals surface area (Å²) in [6.07, 6.45) is 1.73. The molecule has 0 aliphatic rings. The third kappa shape index (κ3) is 2.14. The van der Waals surface area contributed by atoms with E-state index in [1.165, 1.54) is 29.5 Å². The van der Waals surface area contributed by atoms with Gasteiger partial charge in [0.2, 0.25) is 0 Å². The van der Waals surface area contributed by atoms with Crippen LogP contribution >= 0.6 is 23.5 Å². The van der Waals surface area contributed by atoms with E-state index in [1.807, 2.05) is 11.4 Å². The van der Waals surface area contributed by atoms with Gasteiger partial charge in [0.1, 0.15) is 11.9 Å². The zero-order valence-electron chi connectivity index (χ0n) is 9.35. The molecule has 1 aromatic carbocycles. The van der Waals surface area contributed by atoms with E-state index in [9.17, 15) is 4.39 Å². The van der Waals surface area contributed by atoms with E-state index >= 15 is 0 Å². The summed E-state index contributed by atoms with van der Waals surface area (Å²) in [6, 6.07) is 4.78. The fourth-order valence-corrected chi connectivity index (χ4v) is 2.91. The van der Waals surface area contributed by atoms with E-state index in [1.54, 1.807) is 12.3 Å². The Morgan fingerprint density at radius 3 is 3.11 bits per heavy atom. The summed E-state index contributed by atoms with van der Waals surface area (Å²) in [4.78, 5) is 0.961. The lowest BCUT2D eigenvalue weighted by Crippen LogP contribution is -1.89. The maximum atomic E-state index is 13.7. The van der Waals surface area contributed by atoms with Crippen molar-refractivity contribution in [2.75, 3.05) is 4.72 Å². The maximum Gasteiger partial charge on any atom is 0.173 e. The number of halogens is 1. The standard InChI is InChI=1S/C11H6FN5S2/c12-7-1-2-8(17-19-6-4-14-18-5-6)11-10(7)9(3-13)15-16-11/h1-2,4-5,17H,(H,15,16). The number of fused-ring (bicyclic) bond motifs is 1. The van der Waals surface area contributed by atoms with Crippen LogP contribution in [-0.2, 0) is 0 Å². The third-order valence-electron chi connectivity index (χ3n) is 2.47. The van der Waals surface area contributed by atoms with Crippen LogP contribution < -0.4 is 4.72 Å². The molecule has 0 bridgehead atoms. The van der Waals surface area contributed by atoms with Gasteiger partial charge in [-0.15, -0.1) is 0 Å². The Hall–Kier alpha value is -2.11. The van der Waals surface area contributed by atoms with E-state index in [4.69, 9.17) is 5.26 Å². The molecule has 0 radical (unpaired) electrons. The van der Waals surface area contributed by atoms with E-state index < -0.39 is 5.82 Å². The lowest BCUT2D eigenvalue weighted by Gasteiger charge is -2.05. The Morgan fingerprint density at radius 1 is 1.47 bits per heavy atom. The fraction of sp³-hybridized carbons (Fsp3) is 0. The van der Waals surface area contributed by atoms with Crippen LogP contribution in [0.4, 0.5) is 10.1 Å². The monoisotopic (exact) mass is 291 g/mol. The molecular weight excluding hydrogens is 285 g/mol. The fourth-order valence-electron chi connectivity index (χ4n) is 1.62. The van der Waals surface area contributed by atoms with E-state index in [2.05, 4.69) is 19.3 Å². The largest absolute Gasteiger partial charge is 0.324 e. The average molecular weight is 291 g/mol. The molecule has 2 heterocycles. The van der Waals surface area contributed by atoms with Crippen molar-refractivity contribution in [1.82, 2.24) is 14.6 Å².